The summed E-state index contributed by atoms with van der Waals surface area (Å²) in [6, 6.07) is 5.63. The van der Waals surface area contributed by atoms with E-state index in [-0.39, 0.29) is 12.3 Å². The second-order valence-corrected chi connectivity index (χ2v) is 3.80. The van der Waals surface area contributed by atoms with Crippen molar-refractivity contribution in [3.63, 3.8) is 0 Å². The molecule has 2 aromatic rings. The lowest BCUT2D eigenvalue weighted by Gasteiger charge is -2.02. The predicted molar refractivity (Wildman–Crippen MR) is 60.2 cm³/mol. The average molecular weight is 233 g/mol. The molecule has 2 rings (SSSR count). The van der Waals surface area contributed by atoms with Crippen LogP contribution in [0.1, 0.15) is 22.0 Å². The molecular formula is C12H12FN3O. The number of carbonyl (C=O) groups is 1. The molecule has 4 nitrogen and oxygen atoms in total. The molecule has 0 saturated carbocycles. The third kappa shape index (κ3) is 2.55. The molecule has 0 aliphatic carbocycles. The molecule has 88 valence electrons. The van der Waals surface area contributed by atoms with Crippen LogP contribution in [-0.4, -0.2) is 20.5 Å². The van der Waals surface area contributed by atoms with Crippen molar-refractivity contribution in [3.05, 3.63) is 47.3 Å². The fourth-order valence-corrected chi connectivity index (χ4v) is 1.60. The van der Waals surface area contributed by atoms with Crippen LogP contribution in [0.3, 0.4) is 0 Å². The Morgan fingerprint density at radius 3 is 2.76 bits per heavy atom. The van der Waals surface area contributed by atoms with E-state index in [9.17, 15) is 9.18 Å². The van der Waals surface area contributed by atoms with Gasteiger partial charge in [0.2, 0.25) is 0 Å². The van der Waals surface area contributed by atoms with E-state index >= 15 is 0 Å². The van der Waals surface area contributed by atoms with Crippen LogP contribution >= 0.6 is 0 Å². The highest BCUT2D eigenvalue weighted by Gasteiger charge is 2.10. The smallest absolute Gasteiger partial charge is 0.184 e. The van der Waals surface area contributed by atoms with Gasteiger partial charge in [-0.3, -0.25) is 4.79 Å². The van der Waals surface area contributed by atoms with Crippen molar-refractivity contribution in [1.82, 2.24) is 14.8 Å². The van der Waals surface area contributed by atoms with E-state index in [0.29, 0.717) is 17.2 Å². The maximum Gasteiger partial charge on any atom is 0.184 e. The normalized spacial score (nSPS) is 10.5. The zero-order valence-corrected chi connectivity index (χ0v) is 9.64. The molecule has 0 fully saturated rings. The van der Waals surface area contributed by atoms with Gasteiger partial charge in [0.25, 0.3) is 0 Å². The van der Waals surface area contributed by atoms with Crippen LogP contribution < -0.4 is 0 Å². The monoisotopic (exact) mass is 233 g/mol. The zero-order chi connectivity index (χ0) is 12.4. The molecule has 0 saturated heterocycles. The van der Waals surface area contributed by atoms with Gasteiger partial charge in [0.15, 0.2) is 5.78 Å². The van der Waals surface area contributed by atoms with Gasteiger partial charge in [0.05, 0.1) is 0 Å². The van der Waals surface area contributed by atoms with Gasteiger partial charge >= 0.3 is 0 Å². The summed E-state index contributed by atoms with van der Waals surface area (Å²) in [7, 11) is 0. The van der Waals surface area contributed by atoms with Crippen molar-refractivity contribution >= 4 is 5.78 Å². The first kappa shape index (κ1) is 11.4. The molecule has 5 heteroatoms. The molecule has 0 atom stereocenters. The van der Waals surface area contributed by atoms with Gasteiger partial charge in [-0.25, -0.2) is 14.1 Å². The minimum Gasteiger partial charge on any atom is -0.292 e. The molecule has 0 radical (unpaired) electrons. The summed E-state index contributed by atoms with van der Waals surface area (Å²) in [4.78, 5) is 16.0. The topological polar surface area (TPSA) is 47.8 Å². The molecule has 0 bridgehead atoms. The maximum atomic E-state index is 13.0. The van der Waals surface area contributed by atoms with Crippen molar-refractivity contribution in [2.45, 2.75) is 20.4 Å². The van der Waals surface area contributed by atoms with Crippen LogP contribution in [0, 0.1) is 19.7 Å². The lowest BCUT2D eigenvalue weighted by atomic mass is 10.1. The van der Waals surface area contributed by atoms with E-state index in [2.05, 4.69) is 10.1 Å². The highest BCUT2D eigenvalue weighted by molar-refractivity contribution is 5.95. The summed E-state index contributed by atoms with van der Waals surface area (Å²) in [5.41, 5.74) is 0.345. The molecule has 0 unspecified atom stereocenters. The Balaban J connectivity index is 2.20. The van der Waals surface area contributed by atoms with Crippen LogP contribution in [-0.2, 0) is 6.54 Å². The molecule has 0 spiro atoms. The average Bonchev–Trinajstić information content (AvgIpc) is 2.57. The molecule has 1 heterocycles. The van der Waals surface area contributed by atoms with E-state index in [4.69, 9.17) is 0 Å². The Morgan fingerprint density at radius 2 is 2.18 bits per heavy atom. The summed E-state index contributed by atoms with van der Waals surface area (Å²) in [6.07, 6.45) is 0. The number of halogens is 1. The largest absolute Gasteiger partial charge is 0.292 e. The molecule has 0 aliphatic heterocycles. The Labute approximate surface area is 98.1 Å². The first-order valence-electron chi connectivity index (χ1n) is 5.23. The Kier molecular flexibility index (Phi) is 2.99. The number of hydrogen-bond donors (Lipinski definition) is 0. The minimum atomic E-state index is -0.414. The molecule has 0 aliphatic rings. The summed E-state index contributed by atoms with van der Waals surface area (Å²) in [5.74, 6) is 0.696. The van der Waals surface area contributed by atoms with Gasteiger partial charge in [-0.1, -0.05) is 12.1 Å². The number of aryl methyl sites for hydroxylation is 2. The predicted octanol–water partition coefficient (Wildman–Crippen LogP) is 1.92. The number of benzene rings is 1. The number of rotatable bonds is 3. The van der Waals surface area contributed by atoms with Gasteiger partial charge in [-0.15, -0.1) is 0 Å². The third-order valence-corrected chi connectivity index (χ3v) is 2.40. The van der Waals surface area contributed by atoms with Gasteiger partial charge in [0, 0.05) is 5.56 Å². The number of aromatic nitrogens is 3. The van der Waals surface area contributed by atoms with E-state index in [1.54, 1.807) is 19.9 Å². The SMILES string of the molecule is Cc1nc(C)n(CC(=O)c2cccc(F)c2)n1. The molecule has 17 heavy (non-hydrogen) atoms. The number of nitrogens with zero attached hydrogens (tertiary/aromatic N) is 3. The Bertz CT molecular complexity index is 563. The lowest BCUT2D eigenvalue weighted by Crippen LogP contribution is -2.13. The highest BCUT2D eigenvalue weighted by atomic mass is 19.1. The van der Waals surface area contributed by atoms with Crippen LogP contribution in [0.4, 0.5) is 4.39 Å². The van der Waals surface area contributed by atoms with Gasteiger partial charge in [-0.05, 0) is 26.0 Å². The molecule has 1 aromatic carbocycles. The Hall–Kier alpha value is -2.04. The van der Waals surface area contributed by atoms with Crippen molar-refractivity contribution in [2.75, 3.05) is 0 Å². The van der Waals surface area contributed by atoms with E-state index in [1.165, 1.54) is 22.9 Å². The maximum absolute atomic E-state index is 13.0. The first-order chi connectivity index (χ1) is 8.06. The minimum absolute atomic E-state index is 0.0795. The fourth-order valence-electron chi connectivity index (χ4n) is 1.60. The second-order valence-electron chi connectivity index (χ2n) is 3.80. The van der Waals surface area contributed by atoms with Gasteiger partial charge in [0.1, 0.15) is 24.0 Å². The van der Waals surface area contributed by atoms with E-state index < -0.39 is 5.82 Å². The molecule has 0 amide bonds. The molecule has 1 aromatic heterocycles. The van der Waals surface area contributed by atoms with E-state index in [0.717, 1.165) is 0 Å². The highest BCUT2D eigenvalue weighted by Crippen LogP contribution is 2.06. The van der Waals surface area contributed by atoms with Gasteiger partial charge < -0.3 is 0 Å². The van der Waals surface area contributed by atoms with Gasteiger partial charge in [-0.2, -0.15) is 5.10 Å². The van der Waals surface area contributed by atoms with Crippen molar-refractivity contribution in [3.8, 4) is 0 Å². The Morgan fingerprint density at radius 1 is 1.41 bits per heavy atom. The summed E-state index contributed by atoms with van der Waals surface area (Å²) in [6.45, 7) is 3.62. The van der Waals surface area contributed by atoms with Crippen LogP contribution in [0.15, 0.2) is 24.3 Å². The van der Waals surface area contributed by atoms with Crippen LogP contribution in [0.2, 0.25) is 0 Å². The number of ketones is 1. The lowest BCUT2D eigenvalue weighted by molar-refractivity contribution is 0.0966. The quantitative estimate of drug-likeness (QED) is 0.761. The second kappa shape index (κ2) is 4.45. The summed E-state index contributed by atoms with van der Waals surface area (Å²) in [5, 5.41) is 4.09. The van der Waals surface area contributed by atoms with Crippen LogP contribution in [0.25, 0.3) is 0 Å². The third-order valence-electron chi connectivity index (χ3n) is 2.40. The summed E-state index contributed by atoms with van der Waals surface area (Å²) < 4.78 is 14.5. The first-order valence-corrected chi connectivity index (χ1v) is 5.23. The van der Waals surface area contributed by atoms with Crippen LogP contribution in [0.5, 0.6) is 0 Å². The number of hydrogen-bond acceptors (Lipinski definition) is 3. The summed E-state index contributed by atoms with van der Waals surface area (Å²) >= 11 is 0. The van der Waals surface area contributed by atoms with E-state index in [1.807, 2.05) is 0 Å². The molecular weight excluding hydrogens is 221 g/mol. The number of carbonyl (C=O) groups excluding carboxylic acids is 1. The number of Topliss-reactive ketones (excluding diaryl/α,β-unsaturated/α-hetero) is 1. The van der Waals surface area contributed by atoms with Crippen molar-refractivity contribution in [1.29, 1.82) is 0 Å². The molecule has 0 N–H and O–H groups in total. The zero-order valence-electron chi connectivity index (χ0n) is 9.64. The fraction of sp³-hybridized carbons (Fsp3) is 0.250. The van der Waals surface area contributed by atoms with Crippen molar-refractivity contribution in [2.24, 2.45) is 0 Å². The van der Waals surface area contributed by atoms with Crippen molar-refractivity contribution < 1.29 is 9.18 Å². The standard InChI is InChI=1S/C12H12FN3O/c1-8-14-9(2)16(15-8)7-12(17)10-4-3-5-11(13)6-10/h3-6H,7H2,1-2H3.